The lowest BCUT2D eigenvalue weighted by atomic mass is 10.2. The molecule has 1 saturated heterocycles. The van der Waals surface area contributed by atoms with Gasteiger partial charge in [0.15, 0.2) is 0 Å². The summed E-state index contributed by atoms with van der Waals surface area (Å²) in [6.45, 7) is 2.57. The maximum atomic E-state index is 12.4. The molecule has 2 unspecified atom stereocenters. The number of thiazole rings is 1. The highest BCUT2D eigenvalue weighted by atomic mass is 32.1. The molecule has 2 heterocycles. The minimum Gasteiger partial charge on any atom is -0.480 e. The largest absolute Gasteiger partial charge is 0.480 e. The van der Waals surface area contributed by atoms with Gasteiger partial charge >= 0.3 is 12.0 Å². The van der Waals surface area contributed by atoms with Gasteiger partial charge in [0.25, 0.3) is 0 Å². The SMILES string of the molecule is COC1CC(C(=O)O)N(C(=O)N(C)Cc2csc(C)n2)C1. The molecule has 1 fully saturated rings. The van der Waals surface area contributed by atoms with E-state index in [2.05, 4.69) is 4.98 Å². The average molecular weight is 313 g/mol. The van der Waals surface area contributed by atoms with Crippen molar-refractivity contribution in [1.29, 1.82) is 0 Å². The fourth-order valence-electron chi connectivity index (χ4n) is 2.42. The normalized spacial score (nSPS) is 21.6. The van der Waals surface area contributed by atoms with Crippen molar-refractivity contribution in [2.45, 2.75) is 32.0 Å². The van der Waals surface area contributed by atoms with Gasteiger partial charge in [-0.1, -0.05) is 0 Å². The number of likely N-dealkylation sites (tertiary alicyclic amines) is 1. The highest BCUT2D eigenvalue weighted by Crippen LogP contribution is 2.22. The number of nitrogens with zero attached hydrogens (tertiary/aromatic N) is 3. The fraction of sp³-hybridized carbons (Fsp3) is 0.615. The number of carbonyl (C=O) groups is 2. The summed E-state index contributed by atoms with van der Waals surface area (Å²) in [6, 6.07) is -1.14. The molecule has 2 rings (SSSR count). The molecule has 7 nitrogen and oxygen atoms in total. The van der Waals surface area contributed by atoms with E-state index in [1.165, 1.54) is 28.2 Å². The lowest BCUT2D eigenvalue weighted by molar-refractivity contribution is -0.141. The van der Waals surface area contributed by atoms with Crippen LogP contribution < -0.4 is 0 Å². The Morgan fingerprint density at radius 2 is 2.33 bits per heavy atom. The number of aryl methyl sites for hydroxylation is 1. The van der Waals surface area contributed by atoms with Gasteiger partial charge < -0.3 is 19.6 Å². The Labute approximate surface area is 127 Å². The van der Waals surface area contributed by atoms with Crippen LogP contribution >= 0.6 is 11.3 Å². The van der Waals surface area contributed by atoms with Crippen LogP contribution in [-0.4, -0.2) is 64.7 Å². The number of hydrogen-bond donors (Lipinski definition) is 1. The van der Waals surface area contributed by atoms with Gasteiger partial charge in [0, 0.05) is 32.5 Å². The Kier molecular flexibility index (Phi) is 4.79. The minimum atomic E-state index is -0.999. The minimum absolute atomic E-state index is 0.232. The van der Waals surface area contributed by atoms with E-state index >= 15 is 0 Å². The van der Waals surface area contributed by atoms with E-state index in [1.54, 1.807) is 7.05 Å². The van der Waals surface area contributed by atoms with Crippen LogP contribution in [0.15, 0.2) is 5.38 Å². The molecular weight excluding hydrogens is 294 g/mol. The number of urea groups is 1. The molecule has 1 aromatic rings. The molecule has 0 radical (unpaired) electrons. The van der Waals surface area contributed by atoms with Crippen LogP contribution in [-0.2, 0) is 16.1 Å². The number of amides is 2. The zero-order chi connectivity index (χ0) is 15.6. The summed E-state index contributed by atoms with van der Waals surface area (Å²) in [5.41, 5.74) is 0.808. The molecule has 0 aliphatic carbocycles. The number of carboxylic acid groups (broad SMARTS) is 1. The third-order valence-electron chi connectivity index (χ3n) is 3.52. The van der Waals surface area contributed by atoms with E-state index < -0.39 is 12.0 Å². The molecule has 1 N–H and O–H groups in total. The molecule has 1 aliphatic heterocycles. The first-order chi connectivity index (χ1) is 9.92. The molecule has 8 heteroatoms. The summed E-state index contributed by atoms with van der Waals surface area (Å²) in [5, 5.41) is 12.1. The maximum Gasteiger partial charge on any atom is 0.326 e. The van der Waals surface area contributed by atoms with E-state index in [-0.39, 0.29) is 12.1 Å². The first-order valence-electron chi connectivity index (χ1n) is 6.60. The van der Waals surface area contributed by atoms with Crippen molar-refractivity contribution in [2.75, 3.05) is 20.7 Å². The predicted octanol–water partition coefficient (Wildman–Crippen LogP) is 1.18. The lowest BCUT2D eigenvalue weighted by Gasteiger charge is -2.27. The first-order valence-corrected chi connectivity index (χ1v) is 7.48. The van der Waals surface area contributed by atoms with Crippen LogP contribution in [0.25, 0.3) is 0 Å². The third kappa shape index (κ3) is 3.51. The fourth-order valence-corrected chi connectivity index (χ4v) is 3.03. The molecule has 2 atom stereocenters. The van der Waals surface area contributed by atoms with Gasteiger partial charge in [0.1, 0.15) is 6.04 Å². The van der Waals surface area contributed by atoms with Crippen LogP contribution in [0, 0.1) is 6.92 Å². The highest BCUT2D eigenvalue weighted by Gasteiger charge is 2.40. The van der Waals surface area contributed by atoms with E-state index in [0.29, 0.717) is 19.5 Å². The monoisotopic (exact) mass is 313 g/mol. The van der Waals surface area contributed by atoms with Crippen molar-refractivity contribution in [2.24, 2.45) is 0 Å². The van der Waals surface area contributed by atoms with E-state index in [0.717, 1.165) is 10.7 Å². The summed E-state index contributed by atoms with van der Waals surface area (Å²) in [5.74, 6) is -0.999. The van der Waals surface area contributed by atoms with E-state index in [1.807, 2.05) is 12.3 Å². The molecule has 1 aliphatic rings. The Morgan fingerprint density at radius 1 is 1.62 bits per heavy atom. The summed E-state index contributed by atoms with van der Waals surface area (Å²) < 4.78 is 5.19. The zero-order valence-corrected chi connectivity index (χ0v) is 13.1. The number of aromatic nitrogens is 1. The molecule has 116 valence electrons. The molecule has 0 spiro atoms. The number of methoxy groups -OCH3 is 1. The van der Waals surface area contributed by atoms with Gasteiger partial charge in [-0.15, -0.1) is 11.3 Å². The van der Waals surface area contributed by atoms with Crippen LogP contribution in [0.2, 0.25) is 0 Å². The summed E-state index contributed by atoms with van der Waals surface area (Å²) in [7, 11) is 3.18. The van der Waals surface area contributed by atoms with Gasteiger partial charge in [-0.05, 0) is 6.92 Å². The highest BCUT2D eigenvalue weighted by molar-refractivity contribution is 7.09. The van der Waals surface area contributed by atoms with Crippen molar-refractivity contribution in [1.82, 2.24) is 14.8 Å². The first kappa shape index (κ1) is 15.7. The van der Waals surface area contributed by atoms with Crippen LogP contribution in [0.1, 0.15) is 17.1 Å². The topological polar surface area (TPSA) is 83.0 Å². The molecule has 0 saturated carbocycles. The van der Waals surface area contributed by atoms with Crippen molar-refractivity contribution in [3.63, 3.8) is 0 Å². The number of rotatable bonds is 4. The maximum absolute atomic E-state index is 12.4. The number of carboxylic acids is 1. The molecule has 2 amide bonds. The van der Waals surface area contributed by atoms with Gasteiger partial charge in [-0.25, -0.2) is 14.6 Å². The van der Waals surface area contributed by atoms with Crippen LogP contribution in [0.5, 0.6) is 0 Å². The zero-order valence-electron chi connectivity index (χ0n) is 12.3. The Bertz CT molecular complexity index is 533. The molecule has 21 heavy (non-hydrogen) atoms. The van der Waals surface area contributed by atoms with Crippen molar-refractivity contribution in [3.8, 4) is 0 Å². The van der Waals surface area contributed by atoms with Gasteiger partial charge in [0.2, 0.25) is 0 Å². The van der Waals surface area contributed by atoms with Gasteiger partial charge in [-0.2, -0.15) is 0 Å². The van der Waals surface area contributed by atoms with E-state index in [4.69, 9.17) is 4.74 Å². The second-order valence-electron chi connectivity index (χ2n) is 5.10. The second kappa shape index (κ2) is 6.40. The number of aliphatic carboxylic acids is 1. The van der Waals surface area contributed by atoms with Crippen molar-refractivity contribution >= 4 is 23.3 Å². The predicted molar refractivity (Wildman–Crippen MR) is 77.3 cm³/mol. The lowest BCUT2D eigenvalue weighted by Crippen LogP contribution is -2.46. The van der Waals surface area contributed by atoms with E-state index in [9.17, 15) is 14.7 Å². The quantitative estimate of drug-likeness (QED) is 0.902. The van der Waals surface area contributed by atoms with Crippen LogP contribution in [0.4, 0.5) is 4.79 Å². The third-order valence-corrected chi connectivity index (χ3v) is 4.34. The number of ether oxygens (including phenoxy) is 1. The summed E-state index contributed by atoms with van der Waals surface area (Å²) >= 11 is 1.52. The van der Waals surface area contributed by atoms with Crippen LogP contribution in [0.3, 0.4) is 0 Å². The second-order valence-corrected chi connectivity index (χ2v) is 6.16. The Morgan fingerprint density at radius 3 is 2.86 bits per heavy atom. The van der Waals surface area contributed by atoms with Gasteiger partial charge in [0.05, 0.1) is 23.4 Å². The summed E-state index contributed by atoms with van der Waals surface area (Å²) in [4.78, 5) is 30.9. The van der Waals surface area contributed by atoms with Crippen molar-refractivity contribution < 1.29 is 19.4 Å². The molecule has 1 aromatic heterocycles. The average Bonchev–Trinajstić information content (AvgIpc) is 3.04. The van der Waals surface area contributed by atoms with Crippen molar-refractivity contribution in [3.05, 3.63) is 16.1 Å². The Balaban J connectivity index is 2.05. The Hall–Kier alpha value is -1.67. The molecule has 0 aromatic carbocycles. The van der Waals surface area contributed by atoms with Gasteiger partial charge in [-0.3, -0.25) is 0 Å². The number of carbonyl (C=O) groups excluding carboxylic acids is 1. The molecular formula is C13H19N3O4S. The molecule has 0 bridgehead atoms. The standard InChI is InChI=1S/C13H19N3O4S/c1-8-14-9(7-21-8)5-15(2)13(19)16-6-10(20-3)4-11(16)12(17)18/h7,10-11H,4-6H2,1-3H3,(H,17,18). The summed E-state index contributed by atoms with van der Waals surface area (Å²) in [6.07, 6.45) is 0.0891. The smallest absolute Gasteiger partial charge is 0.326 e. The number of hydrogen-bond acceptors (Lipinski definition) is 5.